The summed E-state index contributed by atoms with van der Waals surface area (Å²) in [6.45, 7) is 0. The standard InChI is InChI=1S/C22H16BrNO6/c23-15-8-16(26)19-14(20(15)27)7-13-11(17(19)9-1-3-10(25)4-2-9)5-6-12-18(13)22(29)24(30)21(12)28/h1-5,8,12-13,17-18,25,30H,6-7H2/t12-,13+,17-,18-/m0/s1. The van der Waals surface area contributed by atoms with Gasteiger partial charge in [0.2, 0.25) is 0 Å². The number of ketones is 2. The van der Waals surface area contributed by atoms with E-state index in [0.717, 1.165) is 5.57 Å². The van der Waals surface area contributed by atoms with Crippen molar-refractivity contribution in [1.82, 2.24) is 5.06 Å². The molecule has 2 N–H and O–H groups in total. The van der Waals surface area contributed by atoms with Crippen LogP contribution in [0.3, 0.4) is 0 Å². The van der Waals surface area contributed by atoms with Gasteiger partial charge in [0.05, 0.1) is 16.3 Å². The minimum absolute atomic E-state index is 0.0687. The second-order valence-corrected chi connectivity index (χ2v) is 8.83. The van der Waals surface area contributed by atoms with Gasteiger partial charge in [-0.25, -0.2) is 0 Å². The fourth-order valence-electron chi connectivity index (χ4n) is 5.24. The maximum atomic E-state index is 12.9. The third kappa shape index (κ3) is 2.53. The largest absolute Gasteiger partial charge is 0.508 e. The van der Waals surface area contributed by atoms with E-state index in [-0.39, 0.29) is 39.7 Å². The zero-order chi connectivity index (χ0) is 21.3. The van der Waals surface area contributed by atoms with Gasteiger partial charge in [0.1, 0.15) is 5.75 Å². The lowest BCUT2D eigenvalue weighted by Crippen LogP contribution is -2.39. The number of hydrogen-bond acceptors (Lipinski definition) is 6. The number of phenols is 1. The molecule has 1 heterocycles. The summed E-state index contributed by atoms with van der Waals surface area (Å²) in [4.78, 5) is 50.8. The summed E-state index contributed by atoms with van der Waals surface area (Å²) in [7, 11) is 0. The van der Waals surface area contributed by atoms with E-state index in [1.54, 1.807) is 12.1 Å². The van der Waals surface area contributed by atoms with Crippen LogP contribution in [0.4, 0.5) is 0 Å². The van der Waals surface area contributed by atoms with Gasteiger partial charge >= 0.3 is 0 Å². The molecule has 4 aliphatic rings. The molecule has 8 heteroatoms. The number of halogens is 1. The Bertz CT molecular complexity index is 1130. The number of allylic oxidation sites excluding steroid dienone is 6. The van der Waals surface area contributed by atoms with Gasteiger partial charge in [-0.05, 0) is 52.4 Å². The number of carbonyl (C=O) groups is 4. The van der Waals surface area contributed by atoms with Gasteiger partial charge in [-0.1, -0.05) is 23.8 Å². The van der Waals surface area contributed by atoms with Crippen molar-refractivity contribution in [2.75, 3.05) is 0 Å². The number of aromatic hydroxyl groups is 1. The Morgan fingerprint density at radius 3 is 2.40 bits per heavy atom. The topological polar surface area (TPSA) is 112 Å². The molecule has 0 spiro atoms. The van der Waals surface area contributed by atoms with Crippen LogP contribution in [-0.4, -0.2) is 38.8 Å². The molecule has 30 heavy (non-hydrogen) atoms. The smallest absolute Gasteiger partial charge is 0.257 e. The van der Waals surface area contributed by atoms with Gasteiger partial charge in [-0.3, -0.25) is 24.4 Å². The Morgan fingerprint density at radius 1 is 1.00 bits per heavy atom. The van der Waals surface area contributed by atoms with E-state index in [9.17, 15) is 29.5 Å². The molecule has 1 aromatic rings. The van der Waals surface area contributed by atoms with Crippen molar-refractivity contribution >= 4 is 39.3 Å². The molecule has 0 radical (unpaired) electrons. The highest BCUT2D eigenvalue weighted by molar-refractivity contribution is 9.12. The first-order valence-electron chi connectivity index (χ1n) is 9.54. The molecule has 0 saturated carbocycles. The Morgan fingerprint density at radius 2 is 1.70 bits per heavy atom. The molecule has 1 fully saturated rings. The average Bonchev–Trinajstić information content (AvgIpc) is 2.95. The Hall–Kier alpha value is -2.84. The van der Waals surface area contributed by atoms with E-state index in [4.69, 9.17) is 0 Å². The van der Waals surface area contributed by atoms with E-state index < -0.39 is 35.5 Å². The molecule has 7 nitrogen and oxygen atoms in total. The van der Waals surface area contributed by atoms with Crippen LogP contribution in [0.15, 0.2) is 57.6 Å². The number of nitrogens with zero attached hydrogens (tertiary/aromatic N) is 1. The van der Waals surface area contributed by atoms with Crippen LogP contribution in [0.1, 0.15) is 24.3 Å². The van der Waals surface area contributed by atoms with Gasteiger partial charge in [0.15, 0.2) is 11.6 Å². The Kier molecular flexibility index (Phi) is 4.20. The molecule has 1 saturated heterocycles. The first-order chi connectivity index (χ1) is 14.3. The van der Waals surface area contributed by atoms with Gasteiger partial charge < -0.3 is 5.11 Å². The third-order valence-corrected chi connectivity index (χ3v) is 7.12. The first-order valence-corrected chi connectivity index (χ1v) is 10.3. The van der Waals surface area contributed by atoms with Gasteiger partial charge in [0.25, 0.3) is 11.8 Å². The van der Waals surface area contributed by atoms with E-state index in [2.05, 4.69) is 15.9 Å². The number of rotatable bonds is 1. The molecular weight excluding hydrogens is 454 g/mol. The minimum Gasteiger partial charge on any atom is -0.508 e. The monoisotopic (exact) mass is 469 g/mol. The van der Waals surface area contributed by atoms with Crippen molar-refractivity contribution in [3.8, 4) is 5.75 Å². The number of hydroxylamine groups is 2. The number of imide groups is 1. The summed E-state index contributed by atoms with van der Waals surface area (Å²) in [6, 6.07) is 6.38. The van der Waals surface area contributed by atoms with Crippen LogP contribution in [0.5, 0.6) is 5.75 Å². The Labute approximate surface area is 179 Å². The van der Waals surface area contributed by atoms with Crippen molar-refractivity contribution in [2.45, 2.75) is 18.8 Å². The SMILES string of the molecule is O=C1C=C(Br)C(=O)C2=C1[C@@H](c1ccc(O)cc1)C1=CC[C@@H]3C(=O)N(O)C(=O)[C@@H]3[C@@H]1C2. The summed E-state index contributed by atoms with van der Waals surface area (Å²) in [6.07, 6.45) is 3.55. The predicted octanol–water partition coefficient (Wildman–Crippen LogP) is 2.54. The van der Waals surface area contributed by atoms with Crippen molar-refractivity contribution < 1.29 is 29.5 Å². The molecule has 5 rings (SSSR count). The normalized spacial score (nSPS) is 30.7. The highest BCUT2D eigenvalue weighted by Gasteiger charge is 2.56. The minimum atomic E-state index is -0.774. The summed E-state index contributed by atoms with van der Waals surface area (Å²) >= 11 is 3.16. The number of phenolic OH excluding ortho intramolecular Hbond substituents is 1. The molecule has 0 aromatic heterocycles. The van der Waals surface area contributed by atoms with E-state index >= 15 is 0 Å². The van der Waals surface area contributed by atoms with Crippen molar-refractivity contribution in [1.29, 1.82) is 0 Å². The molecular formula is C22H16BrNO6. The van der Waals surface area contributed by atoms with Crippen LogP contribution in [-0.2, 0) is 19.2 Å². The summed E-state index contributed by atoms with van der Waals surface area (Å²) in [5, 5.41) is 19.8. The predicted molar refractivity (Wildman–Crippen MR) is 106 cm³/mol. The van der Waals surface area contributed by atoms with Crippen LogP contribution >= 0.6 is 15.9 Å². The zero-order valence-corrected chi connectivity index (χ0v) is 17.1. The third-order valence-electron chi connectivity index (χ3n) is 6.53. The molecule has 1 aliphatic heterocycles. The summed E-state index contributed by atoms with van der Waals surface area (Å²) in [5.41, 5.74) is 2.20. The van der Waals surface area contributed by atoms with E-state index in [1.807, 2.05) is 6.08 Å². The molecule has 0 unspecified atom stereocenters. The van der Waals surface area contributed by atoms with Crippen molar-refractivity contribution in [3.05, 3.63) is 63.2 Å². The maximum Gasteiger partial charge on any atom is 0.257 e. The van der Waals surface area contributed by atoms with Crippen LogP contribution < -0.4 is 0 Å². The van der Waals surface area contributed by atoms with E-state index in [0.29, 0.717) is 16.7 Å². The highest BCUT2D eigenvalue weighted by Crippen LogP contribution is 2.55. The van der Waals surface area contributed by atoms with Crippen LogP contribution in [0.2, 0.25) is 0 Å². The quantitative estimate of drug-likeness (QED) is 0.283. The van der Waals surface area contributed by atoms with Gasteiger partial charge in [0, 0.05) is 23.1 Å². The number of hydrogen-bond donors (Lipinski definition) is 2. The molecule has 4 atom stereocenters. The number of Topliss-reactive ketones (excluding diaryl/α,β-unsaturated/α-hetero) is 1. The lowest BCUT2D eigenvalue weighted by molar-refractivity contribution is -0.173. The lowest BCUT2D eigenvalue weighted by atomic mass is 9.59. The molecule has 0 bridgehead atoms. The van der Waals surface area contributed by atoms with Crippen molar-refractivity contribution in [3.63, 3.8) is 0 Å². The number of carbonyl (C=O) groups excluding carboxylic acids is 4. The second-order valence-electron chi connectivity index (χ2n) is 7.97. The fraction of sp³-hybridized carbons (Fsp3) is 0.273. The number of fused-ring (bicyclic) bond motifs is 3. The number of amides is 2. The van der Waals surface area contributed by atoms with Gasteiger partial charge in [-0.15, -0.1) is 0 Å². The van der Waals surface area contributed by atoms with Crippen molar-refractivity contribution in [2.24, 2.45) is 17.8 Å². The first kappa shape index (κ1) is 19.1. The summed E-state index contributed by atoms with van der Waals surface area (Å²) < 4.78 is 0.160. The highest BCUT2D eigenvalue weighted by atomic mass is 79.9. The maximum absolute atomic E-state index is 12.9. The Balaban J connectivity index is 1.71. The zero-order valence-electron chi connectivity index (χ0n) is 15.5. The van der Waals surface area contributed by atoms with Gasteiger partial charge in [-0.2, -0.15) is 5.06 Å². The van der Waals surface area contributed by atoms with Crippen LogP contribution in [0, 0.1) is 17.8 Å². The molecule has 152 valence electrons. The average molecular weight is 470 g/mol. The molecule has 1 aromatic carbocycles. The molecule has 2 amide bonds. The van der Waals surface area contributed by atoms with E-state index in [1.165, 1.54) is 18.2 Å². The molecule has 3 aliphatic carbocycles. The fourth-order valence-corrected chi connectivity index (χ4v) is 5.68. The lowest BCUT2D eigenvalue weighted by Gasteiger charge is -2.42. The van der Waals surface area contributed by atoms with Crippen LogP contribution in [0.25, 0.3) is 0 Å². The summed E-state index contributed by atoms with van der Waals surface area (Å²) in [5.74, 6) is -4.32. The second kappa shape index (κ2) is 6.58. The number of benzene rings is 1.